The van der Waals surface area contributed by atoms with Gasteiger partial charge >= 0.3 is 0 Å². The Hall–Kier alpha value is -1.91. The highest BCUT2D eigenvalue weighted by Crippen LogP contribution is 2.13. The molecule has 0 fully saturated rings. The van der Waals surface area contributed by atoms with Crippen LogP contribution >= 0.6 is 11.6 Å². The molecule has 0 aliphatic heterocycles. The predicted octanol–water partition coefficient (Wildman–Crippen LogP) is 2.44. The number of carbonyl (C=O) groups excluding carboxylic acids is 1. The van der Waals surface area contributed by atoms with Gasteiger partial charge in [0.05, 0.1) is 7.05 Å². The maximum Gasteiger partial charge on any atom is 0.279 e. The van der Waals surface area contributed by atoms with Gasteiger partial charge in [0.2, 0.25) is 0 Å². The van der Waals surface area contributed by atoms with Gasteiger partial charge in [0.1, 0.15) is 12.4 Å². The van der Waals surface area contributed by atoms with E-state index in [1.165, 1.54) is 6.07 Å². The van der Waals surface area contributed by atoms with E-state index in [1.54, 1.807) is 19.1 Å². The standard InChI is InChI=1S/C17H18ClFN2O/c1-12-6-7-15(9-16(12)19)20-17(22)11-21(2)10-13-4-3-5-14(18)8-13/h3-9H,10-11H2,1-2H3,(H,20,22)/p+1. The summed E-state index contributed by atoms with van der Waals surface area (Å²) in [6, 6.07) is 12.2. The van der Waals surface area contributed by atoms with Gasteiger partial charge in [-0.05, 0) is 36.8 Å². The molecule has 0 aliphatic carbocycles. The molecule has 2 rings (SSSR count). The summed E-state index contributed by atoms with van der Waals surface area (Å²) in [6.45, 7) is 2.67. The Labute approximate surface area is 134 Å². The zero-order valence-corrected chi connectivity index (χ0v) is 13.4. The van der Waals surface area contributed by atoms with Gasteiger partial charge in [0.15, 0.2) is 6.54 Å². The molecule has 0 bridgehead atoms. The molecule has 1 amide bonds. The number of aryl methyl sites for hydroxylation is 1. The Morgan fingerprint density at radius 3 is 2.73 bits per heavy atom. The van der Waals surface area contributed by atoms with Crippen molar-refractivity contribution in [1.82, 2.24) is 0 Å². The van der Waals surface area contributed by atoms with Crippen LogP contribution in [0.4, 0.5) is 10.1 Å². The maximum absolute atomic E-state index is 13.4. The van der Waals surface area contributed by atoms with Crippen molar-refractivity contribution in [2.24, 2.45) is 0 Å². The predicted molar refractivity (Wildman–Crippen MR) is 86.7 cm³/mol. The van der Waals surface area contributed by atoms with E-state index in [-0.39, 0.29) is 11.7 Å². The fraction of sp³-hybridized carbons (Fsp3) is 0.235. The molecule has 0 aliphatic rings. The van der Waals surface area contributed by atoms with E-state index in [0.29, 0.717) is 29.4 Å². The second kappa shape index (κ2) is 7.38. The molecule has 0 heterocycles. The highest BCUT2D eigenvalue weighted by atomic mass is 35.5. The summed E-state index contributed by atoms with van der Waals surface area (Å²) in [5, 5.41) is 3.40. The Morgan fingerprint density at radius 2 is 2.05 bits per heavy atom. The number of rotatable bonds is 5. The van der Waals surface area contributed by atoms with E-state index < -0.39 is 0 Å². The molecule has 0 radical (unpaired) electrons. The molecule has 3 nitrogen and oxygen atoms in total. The average molecular weight is 322 g/mol. The number of quaternary nitrogens is 1. The lowest BCUT2D eigenvalue weighted by Crippen LogP contribution is -3.08. The van der Waals surface area contributed by atoms with Crippen molar-refractivity contribution < 1.29 is 14.1 Å². The number of likely N-dealkylation sites (N-methyl/N-ethyl adjacent to an activating group) is 1. The third kappa shape index (κ3) is 4.83. The third-order valence-corrected chi connectivity index (χ3v) is 3.55. The van der Waals surface area contributed by atoms with Gasteiger partial charge in [0, 0.05) is 16.3 Å². The van der Waals surface area contributed by atoms with Gasteiger partial charge in [-0.25, -0.2) is 4.39 Å². The zero-order valence-electron chi connectivity index (χ0n) is 12.6. The van der Waals surface area contributed by atoms with E-state index in [4.69, 9.17) is 11.6 Å². The van der Waals surface area contributed by atoms with Crippen LogP contribution in [0.15, 0.2) is 42.5 Å². The summed E-state index contributed by atoms with van der Waals surface area (Å²) in [5.74, 6) is -0.472. The molecular weight excluding hydrogens is 303 g/mol. The molecule has 2 N–H and O–H groups in total. The van der Waals surface area contributed by atoms with Gasteiger partial charge in [-0.2, -0.15) is 0 Å². The fourth-order valence-electron chi connectivity index (χ4n) is 2.21. The lowest BCUT2D eigenvalue weighted by atomic mass is 10.2. The van der Waals surface area contributed by atoms with E-state index in [1.807, 2.05) is 31.3 Å². The fourth-order valence-corrected chi connectivity index (χ4v) is 2.42. The molecule has 2 aromatic carbocycles. The van der Waals surface area contributed by atoms with Gasteiger partial charge in [-0.15, -0.1) is 0 Å². The Morgan fingerprint density at radius 1 is 1.27 bits per heavy atom. The first-order chi connectivity index (χ1) is 10.4. The minimum absolute atomic E-state index is 0.150. The van der Waals surface area contributed by atoms with Crippen LogP contribution in [-0.4, -0.2) is 19.5 Å². The van der Waals surface area contributed by atoms with Crippen molar-refractivity contribution in [2.75, 3.05) is 18.9 Å². The molecule has 116 valence electrons. The van der Waals surface area contributed by atoms with E-state index in [0.717, 1.165) is 10.5 Å². The summed E-state index contributed by atoms with van der Waals surface area (Å²) >= 11 is 5.94. The minimum atomic E-state index is -0.322. The first-order valence-electron chi connectivity index (χ1n) is 7.06. The summed E-state index contributed by atoms with van der Waals surface area (Å²) in [5.41, 5.74) is 2.10. The van der Waals surface area contributed by atoms with Crippen LogP contribution in [0.3, 0.4) is 0 Å². The molecule has 0 aromatic heterocycles. The monoisotopic (exact) mass is 321 g/mol. The number of hydrogen-bond donors (Lipinski definition) is 2. The summed E-state index contributed by atoms with van der Waals surface area (Å²) in [4.78, 5) is 13.0. The molecule has 5 heteroatoms. The van der Waals surface area contributed by atoms with Crippen molar-refractivity contribution in [3.8, 4) is 0 Å². The lowest BCUT2D eigenvalue weighted by Gasteiger charge is -2.14. The number of carbonyl (C=O) groups is 1. The summed E-state index contributed by atoms with van der Waals surface area (Å²) in [6.07, 6.45) is 0. The van der Waals surface area contributed by atoms with Crippen LogP contribution in [0.1, 0.15) is 11.1 Å². The summed E-state index contributed by atoms with van der Waals surface area (Å²) < 4.78 is 13.4. The number of nitrogens with one attached hydrogen (secondary N) is 2. The van der Waals surface area contributed by atoms with E-state index >= 15 is 0 Å². The topological polar surface area (TPSA) is 33.5 Å². The Balaban J connectivity index is 1.89. The summed E-state index contributed by atoms with van der Waals surface area (Å²) in [7, 11) is 1.93. The number of benzene rings is 2. The third-order valence-electron chi connectivity index (χ3n) is 3.31. The van der Waals surface area contributed by atoms with Crippen molar-refractivity contribution in [3.05, 3.63) is 64.4 Å². The SMILES string of the molecule is Cc1ccc(NC(=O)C[NH+](C)Cc2cccc(Cl)c2)cc1F. The van der Waals surface area contributed by atoms with Crippen molar-refractivity contribution in [2.45, 2.75) is 13.5 Å². The van der Waals surface area contributed by atoms with E-state index in [9.17, 15) is 9.18 Å². The van der Waals surface area contributed by atoms with Crippen LogP contribution in [0.2, 0.25) is 5.02 Å². The van der Waals surface area contributed by atoms with Crippen LogP contribution in [0.5, 0.6) is 0 Å². The first-order valence-corrected chi connectivity index (χ1v) is 7.43. The second-order valence-electron chi connectivity index (χ2n) is 5.45. The van der Waals surface area contributed by atoms with Crippen molar-refractivity contribution >= 4 is 23.2 Å². The van der Waals surface area contributed by atoms with Gasteiger partial charge in [-0.3, -0.25) is 4.79 Å². The van der Waals surface area contributed by atoms with Gasteiger partial charge in [0.25, 0.3) is 5.91 Å². The molecule has 0 saturated heterocycles. The quantitative estimate of drug-likeness (QED) is 0.871. The largest absolute Gasteiger partial charge is 0.326 e. The smallest absolute Gasteiger partial charge is 0.279 e. The van der Waals surface area contributed by atoms with Crippen LogP contribution in [-0.2, 0) is 11.3 Å². The highest BCUT2D eigenvalue weighted by Gasteiger charge is 2.11. The number of amides is 1. The van der Waals surface area contributed by atoms with Crippen molar-refractivity contribution in [1.29, 1.82) is 0 Å². The second-order valence-corrected chi connectivity index (χ2v) is 5.89. The minimum Gasteiger partial charge on any atom is -0.326 e. The van der Waals surface area contributed by atoms with Crippen LogP contribution < -0.4 is 10.2 Å². The molecule has 1 atom stereocenters. The normalized spacial score (nSPS) is 12.0. The first kappa shape index (κ1) is 16.5. The van der Waals surface area contributed by atoms with Gasteiger partial charge in [-0.1, -0.05) is 29.8 Å². The molecule has 22 heavy (non-hydrogen) atoms. The highest BCUT2D eigenvalue weighted by molar-refractivity contribution is 6.30. The van der Waals surface area contributed by atoms with Crippen LogP contribution in [0, 0.1) is 12.7 Å². The Bertz CT molecular complexity index is 675. The average Bonchev–Trinajstić information content (AvgIpc) is 2.42. The number of halogens is 2. The van der Waals surface area contributed by atoms with Crippen molar-refractivity contribution in [3.63, 3.8) is 0 Å². The Kier molecular flexibility index (Phi) is 5.52. The van der Waals surface area contributed by atoms with E-state index in [2.05, 4.69) is 5.32 Å². The molecular formula is C17H19ClFN2O+. The zero-order chi connectivity index (χ0) is 16.1. The van der Waals surface area contributed by atoms with Gasteiger partial charge < -0.3 is 10.2 Å². The maximum atomic E-state index is 13.4. The number of anilines is 1. The molecule has 0 saturated carbocycles. The molecule has 2 aromatic rings. The number of hydrogen-bond acceptors (Lipinski definition) is 1. The molecule has 0 spiro atoms. The lowest BCUT2D eigenvalue weighted by molar-refractivity contribution is -0.885. The molecule has 1 unspecified atom stereocenters. The van der Waals surface area contributed by atoms with Crippen LogP contribution in [0.25, 0.3) is 0 Å².